The number of aldehydes is 1. The van der Waals surface area contributed by atoms with Crippen molar-refractivity contribution < 1.29 is 18.4 Å². The summed E-state index contributed by atoms with van der Waals surface area (Å²) in [7, 11) is -3.78. The zero-order valence-corrected chi connectivity index (χ0v) is 17.4. The molecule has 0 bridgehead atoms. The van der Waals surface area contributed by atoms with E-state index in [9.17, 15) is 18.9 Å². The van der Waals surface area contributed by atoms with E-state index in [1.807, 2.05) is 0 Å². The van der Waals surface area contributed by atoms with E-state index in [0.717, 1.165) is 6.42 Å². The number of rotatable bonds is 9. The van der Waals surface area contributed by atoms with Crippen LogP contribution in [0.3, 0.4) is 0 Å². The Morgan fingerprint density at radius 1 is 1.31 bits per heavy atom. The lowest BCUT2D eigenvalue weighted by Gasteiger charge is -2.23. The van der Waals surface area contributed by atoms with Gasteiger partial charge in [0.1, 0.15) is 12.0 Å². The van der Waals surface area contributed by atoms with Gasteiger partial charge in [-0.1, -0.05) is 18.2 Å². The molecule has 2 N–H and O–H groups in total. The summed E-state index contributed by atoms with van der Waals surface area (Å²) in [5, 5.41) is 2.44. The predicted molar refractivity (Wildman–Crippen MR) is 110 cm³/mol. The number of nitrogens with one attached hydrogen (secondary N) is 2. The van der Waals surface area contributed by atoms with Crippen molar-refractivity contribution in [1.82, 2.24) is 14.6 Å². The Bertz CT molecular complexity index is 995. The number of carbonyl (C=O) groups excluding carboxylic acids is 1. The van der Waals surface area contributed by atoms with Crippen LogP contribution >= 0.6 is 19.5 Å². The van der Waals surface area contributed by atoms with Gasteiger partial charge in [-0.05, 0) is 31.9 Å². The summed E-state index contributed by atoms with van der Waals surface area (Å²) in [6, 6.07) is 9.16. The first-order chi connectivity index (χ1) is 13.9. The largest absolute Gasteiger partial charge is 0.459 e. The number of benzene rings is 1. The van der Waals surface area contributed by atoms with E-state index < -0.39 is 25.0 Å². The molecule has 0 amide bonds. The molecule has 9 nitrogen and oxygen atoms in total. The summed E-state index contributed by atoms with van der Waals surface area (Å²) >= 11 is 1.50. The van der Waals surface area contributed by atoms with Crippen molar-refractivity contribution in [1.29, 1.82) is 0 Å². The molecule has 1 aromatic carbocycles. The molecule has 0 saturated carbocycles. The Balaban J connectivity index is 1.64. The quantitative estimate of drug-likeness (QED) is 0.451. The Kier molecular flexibility index (Phi) is 7.13. The summed E-state index contributed by atoms with van der Waals surface area (Å²) in [6.07, 6.45) is 3.52. The number of aromatic nitrogens is 2. The van der Waals surface area contributed by atoms with Crippen LogP contribution in [0.25, 0.3) is 0 Å². The van der Waals surface area contributed by atoms with Crippen molar-refractivity contribution in [2.45, 2.75) is 36.4 Å². The molecule has 2 heterocycles. The van der Waals surface area contributed by atoms with Gasteiger partial charge in [-0.3, -0.25) is 18.9 Å². The fourth-order valence-electron chi connectivity index (χ4n) is 2.84. The van der Waals surface area contributed by atoms with Crippen LogP contribution in [0.4, 0.5) is 0 Å². The highest BCUT2D eigenvalue weighted by atomic mass is 32.2. The van der Waals surface area contributed by atoms with Crippen molar-refractivity contribution >= 4 is 25.8 Å². The van der Waals surface area contributed by atoms with Gasteiger partial charge in [0, 0.05) is 17.5 Å². The van der Waals surface area contributed by atoms with Crippen LogP contribution in [0.1, 0.15) is 25.1 Å². The molecule has 4 unspecified atom stereocenters. The first-order valence-electron chi connectivity index (χ1n) is 9.08. The van der Waals surface area contributed by atoms with Gasteiger partial charge in [-0.25, -0.2) is 14.4 Å². The Morgan fingerprint density at radius 3 is 2.76 bits per heavy atom. The predicted octanol–water partition coefficient (Wildman–Crippen LogP) is 2.31. The Labute approximate surface area is 171 Å². The molecular weight excluding hydrogens is 417 g/mol. The SMILES string of the molecule is CC(C=O)NP(=O)(OCC1CCC(n2ccc(=O)[nH]c2=O)S1)Oc1ccccc1. The number of nitrogens with zero attached hydrogens (tertiary/aromatic N) is 1. The summed E-state index contributed by atoms with van der Waals surface area (Å²) in [6.45, 7) is 1.67. The summed E-state index contributed by atoms with van der Waals surface area (Å²) < 4.78 is 25.8. The molecule has 1 aliphatic rings. The van der Waals surface area contributed by atoms with Gasteiger partial charge in [0.25, 0.3) is 5.56 Å². The van der Waals surface area contributed by atoms with E-state index in [-0.39, 0.29) is 17.2 Å². The average Bonchev–Trinajstić information content (AvgIpc) is 3.16. The van der Waals surface area contributed by atoms with Gasteiger partial charge in [0.2, 0.25) is 0 Å². The fourth-order valence-corrected chi connectivity index (χ4v) is 5.89. The first kappa shape index (κ1) is 21.6. The van der Waals surface area contributed by atoms with Crippen LogP contribution in [0, 0.1) is 0 Å². The smallest absolute Gasteiger partial charge is 0.413 e. The Hall–Kier alpha value is -2.13. The standard InChI is InChI=1S/C18H22N3O6PS/c1-13(11-22)20-28(25,27-14-5-3-2-4-6-14)26-12-15-7-8-17(29-15)21-10-9-16(23)19-18(21)24/h2-6,9-11,13,15,17H,7-8,12H2,1H3,(H,20,25)(H,19,23,24). The zero-order valence-electron chi connectivity index (χ0n) is 15.7. The van der Waals surface area contributed by atoms with Gasteiger partial charge < -0.3 is 9.32 Å². The van der Waals surface area contributed by atoms with E-state index in [2.05, 4.69) is 10.1 Å². The zero-order chi connectivity index (χ0) is 20.9. The summed E-state index contributed by atoms with van der Waals surface area (Å²) in [5.74, 6) is 0.359. The van der Waals surface area contributed by atoms with Crippen LogP contribution < -0.4 is 20.9 Å². The summed E-state index contributed by atoms with van der Waals surface area (Å²) in [4.78, 5) is 36.4. The molecule has 1 fully saturated rings. The number of aromatic amines is 1. The minimum absolute atomic E-state index is 0.0279. The van der Waals surface area contributed by atoms with Crippen LogP contribution in [0.5, 0.6) is 5.75 Å². The molecule has 1 aromatic heterocycles. The van der Waals surface area contributed by atoms with E-state index in [1.165, 1.54) is 28.6 Å². The minimum atomic E-state index is -3.78. The molecule has 1 saturated heterocycles. The molecule has 11 heteroatoms. The normalized spacial score (nSPS) is 22.0. The molecule has 156 valence electrons. The third-order valence-corrected chi connectivity index (χ3v) is 7.41. The number of para-hydroxylation sites is 1. The third kappa shape index (κ3) is 5.93. The second-order valence-electron chi connectivity index (χ2n) is 6.56. The number of thioether (sulfide) groups is 1. The topological polar surface area (TPSA) is 119 Å². The third-order valence-electron chi connectivity index (χ3n) is 4.21. The maximum atomic E-state index is 13.1. The maximum Gasteiger partial charge on any atom is 0.459 e. The second-order valence-corrected chi connectivity index (χ2v) is 9.74. The molecule has 4 atom stereocenters. The molecular formula is C18H22N3O6PS. The van der Waals surface area contributed by atoms with E-state index >= 15 is 0 Å². The minimum Gasteiger partial charge on any atom is -0.413 e. The number of hydrogen-bond donors (Lipinski definition) is 2. The van der Waals surface area contributed by atoms with E-state index in [0.29, 0.717) is 18.5 Å². The Morgan fingerprint density at radius 2 is 2.07 bits per heavy atom. The van der Waals surface area contributed by atoms with Gasteiger partial charge >= 0.3 is 13.4 Å². The van der Waals surface area contributed by atoms with Crippen LogP contribution in [0.2, 0.25) is 0 Å². The van der Waals surface area contributed by atoms with Crippen molar-refractivity contribution in [2.24, 2.45) is 0 Å². The molecule has 1 aliphatic heterocycles. The van der Waals surface area contributed by atoms with E-state index in [1.54, 1.807) is 37.3 Å². The number of carbonyl (C=O) groups is 1. The molecule has 0 radical (unpaired) electrons. The van der Waals surface area contributed by atoms with Gasteiger partial charge in [-0.2, -0.15) is 0 Å². The first-order valence-corrected chi connectivity index (χ1v) is 11.6. The highest BCUT2D eigenvalue weighted by molar-refractivity contribution is 8.00. The highest BCUT2D eigenvalue weighted by Gasteiger charge is 2.33. The molecule has 3 rings (SSSR count). The maximum absolute atomic E-state index is 13.1. The number of hydrogen-bond acceptors (Lipinski definition) is 7. The van der Waals surface area contributed by atoms with Crippen LogP contribution in [-0.2, 0) is 13.9 Å². The lowest BCUT2D eigenvalue weighted by atomic mass is 10.2. The van der Waals surface area contributed by atoms with Gasteiger partial charge in [0.05, 0.1) is 18.0 Å². The lowest BCUT2D eigenvalue weighted by molar-refractivity contribution is -0.109. The molecule has 29 heavy (non-hydrogen) atoms. The van der Waals surface area contributed by atoms with Crippen molar-refractivity contribution in [3.05, 3.63) is 63.4 Å². The van der Waals surface area contributed by atoms with Gasteiger partial charge in [0.15, 0.2) is 0 Å². The second kappa shape index (κ2) is 9.58. The summed E-state index contributed by atoms with van der Waals surface area (Å²) in [5.41, 5.74) is -0.903. The van der Waals surface area contributed by atoms with Gasteiger partial charge in [-0.15, -0.1) is 11.8 Å². The highest BCUT2D eigenvalue weighted by Crippen LogP contribution is 2.47. The monoisotopic (exact) mass is 439 g/mol. The molecule has 0 aliphatic carbocycles. The molecule has 2 aromatic rings. The van der Waals surface area contributed by atoms with Crippen LogP contribution in [-0.4, -0.2) is 33.7 Å². The van der Waals surface area contributed by atoms with E-state index in [4.69, 9.17) is 9.05 Å². The van der Waals surface area contributed by atoms with Crippen molar-refractivity contribution in [3.63, 3.8) is 0 Å². The van der Waals surface area contributed by atoms with Crippen LogP contribution in [0.15, 0.2) is 52.2 Å². The molecule has 0 spiro atoms. The average molecular weight is 439 g/mol. The van der Waals surface area contributed by atoms with Crippen molar-refractivity contribution in [2.75, 3.05) is 6.61 Å². The lowest BCUT2D eigenvalue weighted by Crippen LogP contribution is -2.30. The fraction of sp³-hybridized carbons (Fsp3) is 0.389. The van der Waals surface area contributed by atoms with Crippen molar-refractivity contribution in [3.8, 4) is 5.75 Å². The number of H-pyrrole nitrogens is 1.